The van der Waals surface area contributed by atoms with Crippen LogP contribution in [0.5, 0.6) is 0 Å². The molecule has 20 heavy (non-hydrogen) atoms. The number of nitrogens with zero attached hydrogens (tertiary/aromatic N) is 1. The van der Waals surface area contributed by atoms with E-state index in [1.165, 1.54) is 5.56 Å². The Bertz CT molecular complexity index is 451. The highest BCUT2D eigenvalue weighted by Crippen LogP contribution is 2.21. The van der Waals surface area contributed by atoms with Crippen LogP contribution in [0.2, 0.25) is 0 Å². The first-order valence-corrected chi connectivity index (χ1v) is 7.64. The van der Waals surface area contributed by atoms with E-state index in [0.29, 0.717) is 11.8 Å². The average Bonchev–Trinajstić information content (AvgIpc) is 2.46. The van der Waals surface area contributed by atoms with Crippen molar-refractivity contribution in [3.8, 4) is 0 Å². The molecule has 0 bridgehead atoms. The standard InChI is InChI=1S/C17H26N2O/c1-12(2)14-6-8-15(9-7-14)17(20)19-10-4-5-16(11-19)13(3)18/h6-9,12-13,16H,4-5,10-11,18H2,1-3H3. The summed E-state index contributed by atoms with van der Waals surface area (Å²) in [4.78, 5) is 14.5. The van der Waals surface area contributed by atoms with Gasteiger partial charge in [0.25, 0.3) is 5.91 Å². The molecule has 1 aromatic rings. The van der Waals surface area contributed by atoms with Crippen LogP contribution in [0.1, 0.15) is 55.5 Å². The zero-order chi connectivity index (χ0) is 14.7. The fourth-order valence-corrected chi connectivity index (χ4v) is 2.82. The van der Waals surface area contributed by atoms with Crippen LogP contribution in [0.4, 0.5) is 0 Å². The van der Waals surface area contributed by atoms with Gasteiger partial charge in [-0.15, -0.1) is 0 Å². The number of likely N-dealkylation sites (tertiary alicyclic amines) is 1. The van der Waals surface area contributed by atoms with Crippen molar-refractivity contribution in [2.45, 2.75) is 45.6 Å². The zero-order valence-electron chi connectivity index (χ0n) is 12.8. The minimum Gasteiger partial charge on any atom is -0.338 e. The molecule has 0 aliphatic carbocycles. The number of nitrogens with two attached hydrogens (primary N) is 1. The molecule has 110 valence electrons. The number of amides is 1. The molecule has 3 heteroatoms. The molecule has 2 unspecified atom stereocenters. The lowest BCUT2D eigenvalue weighted by Gasteiger charge is -2.34. The Balaban J connectivity index is 2.06. The second kappa shape index (κ2) is 6.40. The normalized spacial score (nSPS) is 21.1. The quantitative estimate of drug-likeness (QED) is 0.921. The lowest BCUT2D eigenvalue weighted by Crippen LogP contribution is -2.45. The van der Waals surface area contributed by atoms with E-state index < -0.39 is 0 Å². The minimum atomic E-state index is 0.144. The third-order valence-corrected chi connectivity index (χ3v) is 4.31. The third kappa shape index (κ3) is 3.40. The zero-order valence-corrected chi connectivity index (χ0v) is 12.8. The van der Waals surface area contributed by atoms with Crippen LogP contribution in [-0.2, 0) is 0 Å². The fourth-order valence-electron chi connectivity index (χ4n) is 2.82. The summed E-state index contributed by atoms with van der Waals surface area (Å²) in [5.74, 6) is 1.07. The van der Waals surface area contributed by atoms with E-state index in [4.69, 9.17) is 5.73 Å². The van der Waals surface area contributed by atoms with Gasteiger partial charge in [0, 0.05) is 24.7 Å². The van der Waals surface area contributed by atoms with Gasteiger partial charge >= 0.3 is 0 Å². The number of hydrogen-bond donors (Lipinski definition) is 1. The maximum atomic E-state index is 12.5. The predicted molar refractivity (Wildman–Crippen MR) is 82.8 cm³/mol. The van der Waals surface area contributed by atoms with Crippen LogP contribution in [-0.4, -0.2) is 29.9 Å². The topological polar surface area (TPSA) is 46.3 Å². The largest absolute Gasteiger partial charge is 0.338 e. The highest BCUT2D eigenvalue weighted by atomic mass is 16.2. The summed E-state index contributed by atoms with van der Waals surface area (Å²) in [6, 6.07) is 8.18. The van der Waals surface area contributed by atoms with Crippen molar-refractivity contribution in [2.24, 2.45) is 11.7 Å². The van der Waals surface area contributed by atoms with Crippen molar-refractivity contribution < 1.29 is 4.79 Å². The van der Waals surface area contributed by atoms with E-state index in [1.807, 2.05) is 24.0 Å². The number of piperidine rings is 1. The molecule has 1 amide bonds. The number of carbonyl (C=O) groups excluding carboxylic acids is 1. The van der Waals surface area contributed by atoms with Crippen LogP contribution in [0.25, 0.3) is 0 Å². The maximum absolute atomic E-state index is 12.5. The second-order valence-electron chi connectivity index (χ2n) is 6.29. The summed E-state index contributed by atoms with van der Waals surface area (Å²) in [5, 5.41) is 0. The van der Waals surface area contributed by atoms with Gasteiger partial charge in [0.2, 0.25) is 0 Å². The summed E-state index contributed by atoms with van der Waals surface area (Å²) in [6.45, 7) is 8.01. The molecule has 1 fully saturated rings. The summed E-state index contributed by atoms with van der Waals surface area (Å²) >= 11 is 0. The van der Waals surface area contributed by atoms with E-state index in [2.05, 4.69) is 26.0 Å². The number of carbonyl (C=O) groups is 1. The molecule has 2 rings (SSSR count). The van der Waals surface area contributed by atoms with Gasteiger partial charge in [0.1, 0.15) is 0 Å². The first-order valence-electron chi connectivity index (χ1n) is 7.64. The Kier molecular flexibility index (Phi) is 4.81. The average molecular weight is 274 g/mol. The van der Waals surface area contributed by atoms with Gasteiger partial charge in [0.15, 0.2) is 0 Å². The Morgan fingerprint density at radius 1 is 1.25 bits per heavy atom. The van der Waals surface area contributed by atoms with Crippen LogP contribution in [0.15, 0.2) is 24.3 Å². The van der Waals surface area contributed by atoms with Crippen molar-refractivity contribution in [2.75, 3.05) is 13.1 Å². The van der Waals surface area contributed by atoms with Crippen LogP contribution < -0.4 is 5.73 Å². The van der Waals surface area contributed by atoms with E-state index in [-0.39, 0.29) is 11.9 Å². The van der Waals surface area contributed by atoms with Crippen molar-refractivity contribution >= 4 is 5.91 Å². The lowest BCUT2D eigenvalue weighted by molar-refractivity contribution is 0.0661. The number of hydrogen-bond acceptors (Lipinski definition) is 2. The molecule has 3 nitrogen and oxygen atoms in total. The van der Waals surface area contributed by atoms with Gasteiger partial charge in [-0.05, 0) is 49.3 Å². The van der Waals surface area contributed by atoms with Gasteiger partial charge in [-0.25, -0.2) is 0 Å². The lowest BCUT2D eigenvalue weighted by atomic mass is 9.91. The third-order valence-electron chi connectivity index (χ3n) is 4.31. The molecule has 1 aromatic carbocycles. The SMILES string of the molecule is CC(C)c1ccc(C(=O)N2CCCC(C(C)N)C2)cc1. The number of rotatable bonds is 3. The monoisotopic (exact) mass is 274 g/mol. The Morgan fingerprint density at radius 2 is 1.90 bits per heavy atom. The van der Waals surface area contributed by atoms with Crippen molar-refractivity contribution in [3.05, 3.63) is 35.4 Å². The van der Waals surface area contributed by atoms with E-state index in [0.717, 1.165) is 31.5 Å². The molecule has 0 aromatic heterocycles. The fraction of sp³-hybridized carbons (Fsp3) is 0.588. The molecule has 0 spiro atoms. The number of benzene rings is 1. The van der Waals surface area contributed by atoms with Gasteiger partial charge in [-0.1, -0.05) is 26.0 Å². The first kappa shape index (κ1) is 15.0. The molecule has 1 aliphatic heterocycles. The van der Waals surface area contributed by atoms with Crippen molar-refractivity contribution in [1.82, 2.24) is 4.90 Å². The first-order chi connectivity index (χ1) is 9.49. The van der Waals surface area contributed by atoms with E-state index in [9.17, 15) is 4.79 Å². The smallest absolute Gasteiger partial charge is 0.253 e. The molecule has 2 atom stereocenters. The van der Waals surface area contributed by atoms with Crippen molar-refractivity contribution in [1.29, 1.82) is 0 Å². The van der Waals surface area contributed by atoms with Crippen LogP contribution in [0.3, 0.4) is 0 Å². The van der Waals surface area contributed by atoms with Gasteiger partial charge in [-0.2, -0.15) is 0 Å². The highest BCUT2D eigenvalue weighted by Gasteiger charge is 2.26. The molecular weight excluding hydrogens is 248 g/mol. The Labute approximate surface area is 122 Å². The van der Waals surface area contributed by atoms with Gasteiger partial charge < -0.3 is 10.6 Å². The van der Waals surface area contributed by atoms with Crippen LogP contribution >= 0.6 is 0 Å². The van der Waals surface area contributed by atoms with E-state index in [1.54, 1.807) is 0 Å². The maximum Gasteiger partial charge on any atom is 0.253 e. The Morgan fingerprint density at radius 3 is 2.45 bits per heavy atom. The predicted octanol–water partition coefficient (Wildman–Crippen LogP) is 3.01. The summed E-state index contributed by atoms with van der Waals surface area (Å²) in [7, 11) is 0. The molecule has 0 saturated carbocycles. The van der Waals surface area contributed by atoms with Crippen molar-refractivity contribution in [3.63, 3.8) is 0 Å². The second-order valence-corrected chi connectivity index (χ2v) is 6.29. The summed E-state index contributed by atoms with van der Waals surface area (Å²) in [6.07, 6.45) is 2.19. The van der Waals surface area contributed by atoms with E-state index >= 15 is 0 Å². The molecule has 1 aliphatic rings. The molecule has 1 saturated heterocycles. The minimum absolute atomic E-state index is 0.144. The molecular formula is C17H26N2O. The molecule has 0 radical (unpaired) electrons. The van der Waals surface area contributed by atoms with Crippen LogP contribution in [0, 0.1) is 5.92 Å². The summed E-state index contributed by atoms with van der Waals surface area (Å²) < 4.78 is 0. The Hall–Kier alpha value is -1.35. The highest BCUT2D eigenvalue weighted by molar-refractivity contribution is 5.94. The van der Waals surface area contributed by atoms with Gasteiger partial charge in [0.05, 0.1) is 0 Å². The molecule has 2 N–H and O–H groups in total. The summed E-state index contributed by atoms with van der Waals surface area (Å²) in [5.41, 5.74) is 8.05. The van der Waals surface area contributed by atoms with Gasteiger partial charge in [-0.3, -0.25) is 4.79 Å². The molecule has 1 heterocycles.